The number of likely N-dealkylation sites (tertiary alicyclic amines) is 1. The van der Waals surface area contributed by atoms with Gasteiger partial charge in [-0.05, 0) is 12.5 Å². The van der Waals surface area contributed by atoms with Gasteiger partial charge in [0.1, 0.15) is 0 Å². The molecule has 2 atom stereocenters. The second-order valence-electron chi connectivity index (χ2n) is 6.15. The van der Waals surface area contributed by atoms with E-state index in [1.807, 2.05) is 31.2 Å². The molecule has 2 N–H and O–H groups in total. The number of rotatable bonds is 6. The highest BCUT2D eigenvalue weighted by Crippen LogP contribution is 2.20. The molecule has 0 aromatic heterocycles. The molecule has 1 aromatic carbocycles. The molecule has 1 saturated heterocycles. The zero-order valence-electron chi connectivity index (χ0n) is 13.4. The van der Waals surface area contributed by atoms with E-state index in [1.54, 1.807) is 4.90 Å². The van der Waals surface area contributed by atoms with Crippen LogP contribution in [0.1, 0.15) is 24.5 Å². The van der Waals surface area contributed by atoms with Crippen molar-refractivity contribution in [2.75, 3.05) is 13.1 Å². The first kappa shape index (κ1) is 17.0. The number of aliphatic carboxylic acids is 1. The molecule has 1 aliphatic rings. The lowest BCUT2D eigenvalue weighted by molar-refractivity contribution is -0.141. The quantitative estimate of drug-likeness (QED) is 0.824. The van der Waals surface area contributed by atoms with E-state index in [2.05, 4.69) is 5.32 Å². The number of carbonyl (C=O) groups is 3. The number of benzene rings is 1. The standard InChI is InChI=1S/C17H22N2O4/c1-11-3-5-13(6-4-11)9-19-10-14(7-15(19)20)16(21)18-8-12(2)17(22)23/h3-6,12,14H,7-10H2,1-2H3,(H,18,21)(H,22,23)/t12-,14-/m0/s1. The molecule has 2 amide bonds. The van der Waals surface area contributed by atoms with Crippen molar-refractivity contribution in [2.45, 2.75) is 26.8 Å². The minimum atomic E-state index is -0.950. The molecule has 0 bridgehead atoms. The fourth-order valence-electron chi connectivity index (χ4n) is 2.50. The number of aryl methyl sites for hydroxylation is 1. The molecular weight excluding hydrogens is 296 g/mol. The number of carboxylic acids is 1. The maximum Gasteiger partial charge on any atom is 0.308 e. The minimum absolute atomic E-state index is 0.0444. The molecule has 1 fully saturated rings. The summed E-state index contributed by atoms with van der Waals surface area (Å²) in [5, 5.41) is 11.4. The molecule has 6 nitrogen and oxygen atoms in total. The SMILES string of the molecule is Cc1ccc(CN2C[C@@H](C(=O)NC[C@H](C)C(=O)O)CC2=O)cc1. The topological polar surface area (TPSA) is 86.7 Å². The summed E-state index contributed by atoms with van der Waals surface area (Å²) >= 11 is 0. The smallest absolute Gasteiger partial charge is 0.308 e. The van der Waals surface area contributed by atoms with Gasteiger partial charge in [0.15, 0.2) is 0 Å². The van der Waals surface area contributed by atoms with Crippen LogP contribution in [0.15, 0.2) is 24.3 Å². The summed E-state index contributed by atoms with van der Waals surface area (Å²) in [5.41, 5.74) is 2.19. The highest BCUT2D eigenvalue weighted by Gasteiger charge is 2.34. The van der Waals surface area contributed by atoms with Crippen LogP contribution < -0.4 is 5.32 Å². The van der Waals surface area contributed by atoms with E-state index in [1.165, 1.54) is 6.92 Å². The molecule has 0 spiro atoms. The normalized spacial score (nSPS) is 18.8. The third kappa shape index (κ3) is 4.55. The first-order valence-electron chi connectivity index (χ1n) is 7.70. The Bertz CT molecular complexity index is 597. The summed E-state index contributed by atoms with van der Waals surface area (Å²) in [4.78, 5) is 36.6. The molecule has 124 valence electrons. The van der Waals surface area contributed by atoms with Gasteiger partial charge < -0.3 is 15.3 Å². The average Bonchev–Trinajstić information content (AvgIpc) is 2.87. The van der Waals surface area contributed by atoms with Crippen molar-refractivity contribution in [3.05, 3.63) is 35.4 Å². The molecule has 23 heavy (non-hydrogen) atoms. The van der Waals surface area contributed by atoms with Gasteiger partial charge in [-0.15, -0.1) is 0 Å². The molecule has 0 aliphatic carbocycles. The van der Waals surface area contributed by atoms with E-state index in [0.717, 1.165) is 11.1 Å². The van der Waals surface area contributed by atoms with Crippen LogP contribution in [-0.2, 0) is 20.9 Å². The largest absolute Gasteiger partial charge is 0.481 e. The molecule has 0 saturated carbocycles. The zero-order valence-corrected chi connectivity index (χ0v) is 13.4. The van der Waals surface area contributed by atoms with Gasteiger partial charge >= 0.3 is 5.97 Å². The zero-order chi connectivity index (χ0) is 17.0. The Labute approximate surface area is 135 Å². The monoisotopic (exact) mass is 318 g/mol. The van der Waals surface area contributed by atoms with E-state index in [-0.39, 0.29) is 24.8 Å². The summed E-state index contributed by atoms with van der Waals surface area (Å²) in [6.07, 6.45) is 0.180. The lowest BCUT2D eigenvalue weighted by atomic mass is 10.1. The highest BCUT2D eigenvalue weighted by molar-refractivity contribution is 5.89. The summed E-state index contributed by atoms with van der Waals surface area (Å²) in [7, 11) is 0. The van der Waals surface area contributed by atoms with E-state index in [9.17, 15) is 14.4 Å². The van der Waals surface area contributed by atoms with E-state index in [0.29, 0.717) is 13.1 Å². The lowest BCUT2D eigenvalue weighted by Crippen LogP contribution is -2.36. The van der Waals surface area contributed by atoms with Gasteiger partial charge in [-0.3, -0.25) is 14.4 Å². The summed E-state index contributed by atoms with van der Waals surface area (Å²) in [5.74, 6) is -2.29. The van der Waals surface area contributed by atoms with Crippen molar-refractivity contribution in [3.8, 4) is 0 Å². The maximum atomic E-state index is 12.1. The summed E-state index contributed by atoms with van der Waals surface area (Å²) in [6, 6.07) is 7.94. The Kier molecular flexibility index (Phi) is 5.36. The lowest BCUT2D eigenvalue weighted by Gasteiger charge is -2.17. The Hall–Kier alpha value is -2.37. The molecule has 2 rings (SSSR count). The van der Waals surface area contributed by atoms with Crippen LogP contribution in [0.4, 0.5) is 0 Å². The van der Waals surface area contributed by atoms with Crippen LogP contribution in [0.3, 0.4) is 0 Å². The predicted molar refractivity (Wildman–Crippen MR) is 84.5 cm³/mol. The Balaban J connectivity index is 1.87. The van der Waals surface area contributed by atoms with Crippen molar-refractivity contribution in [3.63, 3.8) is 0 Å². The second kappa shape index (κ2) is 7.26. The van der Waals surface area contributed by atoms with Crippen molar-refractivity contribution in [1.82, 2.24) is 10.2 Å². The van der Waals surface area contributed by atoms with Crippen LogP contribution in [0.5, 0.6) is 0 Å². The van der Waals surface area contributed by atoms with Crippen LogP contribution in [-0.4, -0.2) is 40.9 Å². The molecule has 6 heteroatoms. The van der Waals surface area contributed by atoms with Crippen molar-refractivity contribution in [1.29, 1.82) is 0 Å². The Morgan fingerprint density at radius 1 is 1.35 bits per heavy atom. The maximum absolute atomic E-state index is 12.1. The predicted octanol–water partition coefficient (Wildman–Crippen LogP) is 1.18. The molecular formula is C17H22N2O4. The van der Waals surface area contributed by atoms with Gasteiger partial charge in [0.05, 0.1) is 11.8 Å². The third-order valence-electron chi connectivity index (χ3n) is 4.08. The molecule has 0 unspecified atom stereocenters. The number of carbonyl (C=O) groups excluding carboxylic acids is 2. The van der Waals surface area contributed by atoms with Crippen molar-refractivity contribution in [2.24, 2.45) is 11.8 Å². The van der Waals surface area contributed by atoms with Crippen molar-refractivity contribution >= 4 is 17.8 Å². The van der Waals surface area contributed by atoms with Crippen LogP contribution in [0.2, 0.25) is 0 Å². The number of hydrogen-bond acceptors (Lipinski definition) is 3. The summed E-state index contributed by atoms with van der Waals surface area (Å²) < 4.78 is 0. The summed E-state index contributed by atoms with van der Waals surface area (Å²) in [6.45, 7) is 4.49. The van der Waals surface area contributed by atoms with Gasteiger partial charge in [0.2, 0.25) is 11.8 Å². The van der Waals surface area contributed by atoms with Gasteiger partial charge in [-0.2, -0.15) is 0 Å². The first-order chi connectivity index (χ1) is 10.9. The van der Waals surface area contributed by atoms with Gasteiger partial charge in [-0.25, -0.2) is 0 Å². The molecule has 1 aliphatic heterocycles. The Morgan fingerprint density at radius 3 is 2.61 bits per heavy atom. The molecule has 0 radical (unpaired) electrons. The number of amides is 2. The van der Waals surface area contributed by atoms with Crippen LogP contribution >= 0.6 is 0 Å². The fraction of sp³-hybridized carbons (Fsp3) is 0.471. The van der Waals surface area contributed by atoms with Crippen LogP contribution in [0, 0.1) is 18.8 Å². The van der Waals surface area contributed by atoms with E-state index >= 15 is 0 Å². The van der Waals surface area contributed by atoms with Crippen molar-refractivity contribution < 1.29 is 19.5 Å². The van der Waals surface area contributed by atoms with E-state index < -0.39 is 17.8 Å². The first-order valence-corrected chi connectivity index (χ1v) is 7.70. The average molecular weight is 318 g/mol. The number of nitrogens with zero attached hydrogens (tertiary/aromatic N) is 1. The number of nitrogens with one attached hydrogen (secondary N) is 1. The molecule has 1 aromatic rings. The van der Waals surface area contributed by atoms with Gasteiger partial charge in [0, 0.05) is 26.1 Å². The van der Waals surface area contributed by atoms with Crippen LogP contribution in [0.25, 0.3) is 0 Å². The van der Waals surface area contributed by atoms with Gasteiger partial charge in [0.25, 0.3) is 0 Å². The van der Waals surface area contributed by atoms with Gasteiger partial charge in [-0.1, -0.05) is 36.8 Å². The second-order valence-corrected chi connectivity index (χ2v) is 6.15. The number of hydrogen-bond donors (Lipinski definition) is 2. The number of carboxylic acid groups (broad SMARTS) is 1. The minimum Gasteiger partial charge on any atom is -0.481 e. The van der Waals surface area contributed by atoms with E-state index in [4.69, 9.17) is 5.11 Å². The Morgan fingerprint density at radius 2 is 2.00 bits per heavy atom. The fourth-order valence-corrected chi connectivity index (χ4v) is 2.50. The third-order valence-corrected chi connectivity index (χ3v) is 4.08. The molecule has 1 heterocycles. The highest BCUT2D eigenvalue weighted by atomic mass is 16.4.